The molecule has 174 valence electrons. The van der Waals surface area contributed by atoms with Gasteiger partial charge in [0.1, 0.15) is 5.75 Å². The lowest BCUT2D eigenvalue weighted by Crippen LogP contribution is -2.52. The Hall–Kier alpha value is -3.64. The molecular formula is C28H29N3O3. The minimum Gasteiger partial charge on any atom is -0.497 e. The van der Waals surface area contributed by atoms with Crippen molar-refractivity contribution in [2.75, 3.05) is 33.3 Å². The molecule has 0 aromatic heterocycles. The van der Waals surface area contributed by atoms with E-state index in [-0.39, 0.29) is 11.9 Å². The fourth-order valence-electron chi connectivity index (χ4n) is 4.75. The van der Waals surface area contributed by atoms with Gasteiger partial charge in [-0.05, 0) is 41.0 Å². The number of amides is 1. The summed E-state index contributed by atoms with van der Waals surface area (Å²) in [4.78, 5) is 23.1. The molecule has 0 N–H and O–H groups in total. The van der Waals surface area contributed by atoms with Gasteiger partial charge in [0.25, 0.3) is 5.91 Å². The lowest BCUT2D eigenvalue weighted by Gasteiger charge is -2.40. The SMILES string of the molecule is COc1ccc(C2=NO[C@H](C(=O)N3CCN(C(c4ccccc4)c4ccccc4)CC3)C2)cc1. The Bertz CT molecular complexity index is 1090. The fraction of sp³-hybridized carbons (Fsp3) is 0.286. The zero-order valence-electron chi connectivity index (χ0n) is 19.3. The second-order valence-corrected chi connectivity index (χ2v) is 8.65. The number of piperazine rings is 1. The number of hydrogen-bond acceptors (Lipinski definition) is 5. The topological polar surface area (TPSA) is 54.4 Å². The minimum absolute atomic E-state index is 0.0166. The number of benzene rings is 3. The fourth-order valence-corrected chi connectivity index (χ4v) is 4.75. The Morgan fingerprint density at radius 1 is 0.882 bits per heavy atom. The van der Waals surface area contributed by atoms with Crippen molar-refractivity contribution in [2.45, 2.75) is 18.6 Å². The van der Waals surface area contributed by atoms with Gasteiger partial charge < -0.3 is 14.5 Å². The Balaban J connectivity index is 1.22. The van der Waals surface area contributed by atoms with Gasteiger partial charge in [-0.25, -0.2) is 0 Å². The maximum atomic E-state index is 13.2. The molecule has 2 aliphatic rings. The molecule has 6 nitrogen and oxygen atoms in total. The van der Waals surface area contributed by atoms with Crippen molar-refractivity contribution in [3.05, 3.63) is 102 Å². The number of hydrogen-bond donors (Lipinski definition) is 0. The third-order valence-corrected chi connectivity index (χ3v) is 6.59. The van der Waals surface area contributed by atoms with E-state index in [0.717, 1.165) is 30.1 Å². The van der Waals surface area contributed by atoms with Crippen LogP contribution in [0.2, 0.25) is 0 Å². The average molecular weight is 456 g/mol. The van der Waals surface area contributed by atoms with Gasteiger partial charge in [-0.2, -0.15) is 0 Å². The van der Waals surface area contributed by atoms with Crippen molar-refractivity contribution in [1.29, 1.82) is 0 Å². The molecule has 1 fully saturated rings. The molecule has 1 amide bonds. The number of rotatable bonds is 6. The second-order valence-electron chi connectivity index (χ2n) is 8.65. The summed E-state index contributed by atoms with van der Waals surface area (Å²) in [5.74, 6) is 0.806. The van der Waals surface area contributed by atoms with E-state index in [2.05, 4.69) is 58.6 Å². The molecule has 3 aromatic carbocycles. The van der Waals surface area contributed by atoms with Crippen LogP contribution in [0.4, 0.5) is 0 Å². The first-order chi connectivity index (χ1) is 16.7. The van der Waals surface area contributed by atoms with Gasteiger partial charge >= 0.3 is 0 Å². The van der Waals surface area contributed by atoms with Crippen LogP contribution in [0.1, 0.15) is 29.2 Å². The van der Waals surface area contributed by atoms with E-state index < -0.39 is 6.10 Å². The minimum atomic E-state index is -0.553. The van der Waals surface area contributed by atoms with Crippen LogP contribution in [0, 0.1) is 0 Å². The maximum Gasteiger partial charge on any atom is 0.266 e. The highest BCUT2D eigenvalue weighted by Crippen LogP contribution is 2.30. The van der Waals surface area contributed by atoms with Crippen molar-refractivity contribution in [3.8, 4) is 5.75 Å². The summed E-state index contributed by atoms with van der Waals surface area (Å²) in [6.07, 6.45) is -0.0649. The normalized spacial score (nSPS) is 18.5. The number of carbonyl (C=O) groups excluding carboxylic acids is 1. The maximum absolute atomic E-state index is 13.2. The van der Waals surface area contributed by atoms with E-state index >= 15 is 0 Å². The first-order valence-corrected chi connectivity index (χ1v) is 11.7. The van der Waals surface area contributed by atoms with Crippen LogP contribution in [-0.2, 0) is 9.63 Å². The van der Waals surface area contributed by atoms with Gasteiger partial charge in [-0.1, -0.05) is 65.8 Å². The van der Waals surface area contributed by atoms with Crippen LogP contribution in [0.25, 0.3) is 0 Å². The van der Waals surface area contributed by atoms with Crippen molar-refractivity contribution in [1.82, 2.24) is 9.80 Å². The lowest BCUT2D eigenvalue weighted by molar-refractivity contribution is -0.144. The molecule has 0 aliphatic carbocycles. The summed E-state index contributed by atoms with van der Waals surface area (Å²) in [5.41, 5.74) is 4.29. The van der Waals surface area contributed by atoms with E-state index in [4.69, 9.17) is 9.57 Å². The number of methoxy groups -OCH3 is 1. The summed E-state index contributed by atoms with van der Waals surface area (Å²) in [6, 6.07) is 29.0. The van der Waals surface area contributed by atoms with E-state index in [9.17, 15) is 4.79 Å². The summed E-state index contributed by atoms with van der Waals surface area (Å²) in [5, 5.41) is 4.20. The zero-order chi connectivity index (χ0) is 23.3. The molecule has 2 aliphatic heterocycles. The standard InChI is InChI=1S/C28H29N3O3/c1-33-24-14-12-21(13-15-24)25-20-26(34-29-25)28(32)31-18-16-30(17-19-31)27(22-8-4-2-5-9-22)23-10-6-3-7-11-23/h2-15,26-27H,16-20H2,1H3/t26-/m0/s1. The van der Waals surface area contributed by atoms with Crippen molar-refractivity contribution in [3.63, 3.8) is 0 Å². The Kier molecular flexibility index (Phi) is 6.58. The molecule has 0 saturated carbocycles. The molecule has 3 aromatic rings. The van der Waals surface area contributed by atoms with Crippen molar-refractivity contribution in [2.24, 2.45) is 5.16 Å². The highest BCUT2D eigenvalue weighted by atomic mass is 16.6. The van der Waals surface area contributed by atoms with E-state index in [1.807, 2.05) is 41.3 Å². The molecule has 1 atom stereocenters. The quantitative estimate of drug-likeness (QED) is 0.561. The van der Waals surface area contributed by atoms with Crippen LogP contribution < -0.4 is 4.74 Å². The van der Waals surface area contributed by atoms with Gasteiger partial charge in [-0.15, -0.1) is 0 Å². The summed E-state index contributed by atoms with van der Waals surface area (Å²) >= 11 is 0. The lowest BCUT2D eigenvalue weighted by atomic mass is 9.96. The van der Waals surface area contributed by atoms with Gasteiger partial charge in [0.15, 0.2) is 0 Å². The Morgan fingerprint density at radius 3 is 2.03 bits per heavy atom. The van der Waals surface area contributed by atoms with Crippen LogP contribution in [0.15, 0.2) is 90.1 Å². The van der Waals surface area contributed by atoms with Gasteiger partial charge in [0.2, 0.25) is 6.10 Å². The number of oxime groups is 1. The smallest absolute Gasteiger partial charge is 0.266 e. The zero-order valence-corrected chi connectivity index (χ0v) is 19.3. The monoisotopic (exact) mass is 455 g/mol. The number of carbonyl (C=O) groups is 1. The van der Waals surface area contributed by atoms with E-state index in [1.54, 1.807) is 7.11 Å². The molecule has 0 bridgehead atoms. The molecule has 2 heterocycles. The number of ether oxygens (including phenoxy) is 1. The summed E-state index contributed by atoms with van der Waals surface area (Å²) in [6.45, 7) is 2.96. The highest BCUT2D eigenvalue weighted by molar-refractivity contribution is 6.04. The molecular weight excluding hydrogens is 426 g/mol. The van der Waals surface area contributed by atoms with Gasteiger partial charge in [0.05, 0.1) is 18.9 Å². The van der Waals surface area contributed by atoms with Crippen LogP contribution in [-0.4, -0.2) is 60.8 Å². The van der Waals surface area contributed by atoms with E-state index in [1.165, 1.54) is 11.1 Å². The molecule has 0 spiro atoms. The highest BCUT2D eigenvalue weighted by Gasteiger charge is 2.35. The van der Waals surface area contributed by atoms with Crippen molar-refractivity contribution >= 4 is 11.6 Å². The molecule has 6 heteroatoms. The van der Waals surface area contributed by atoms with Crippen LogP contribution in [0.3, 0.4) is 0 Å². The molecule has 0 unspecified atom stereocenters. The third-order valence-electron chi connectivity index (χ3n) is 6.59. The van der Waals surface area contributed by atoms with Gasteiger partial charge in [-0.3, -0.25) is 9.69 Å². The first kappa shape index (κ1) is 22.2. The molecule has 0 radical (unpaired) electrons. The molecule has 5 rings (SSSR count). The van der Waals surface area contributed by atoms with Crippen molar-refractivity contribution < 1.29 is 14.4 Å². The Morgan fingerprint density at radius 2 is 1.47 bits per heavy atom. The average Bonchev–Trinajstić information content (AvgIpc) is 3.41. The molecule has 1 saturated heterocycles. The van der Waals surface area contributed by atoms with Crippen LogP contribution in [0.5, 0.6) is 5.75 Å². The van der Waals surface area contributed by atoms with E-state index in [0.29, 0.717) is 19.5 Å². The predicted octanol–water partition coefficient (Wildman–Crippen LogP) is 4.12. The third kappa shape index (κ3) is 4.68. The number of nitrogens with zero attached hydrogens (tertiary/aromatic N) is 3. The largest absolute Gasteiger partial charge is 0.497 e. The Labute approximate surface area is 200 Å². The summed E-state index contributed by atoms with van der Waals surface area (Å²) < 4.78 is 5.22. The van der Waals surface area contributed by atoms with Crippen LogP contribution >= 0.6 is 0 Å². The summed E-state index contributed by atoms with van der Waals surface area (Å²) in [7, 11) is 1.64. The predicted molar refractivity (Wildman–Crippen MR) is 132 cm³/mol. The molecule has 34 heavy (non-hydrogen) atoms. The van der Waals surface area contributed by atoms with Gasteiger partial charge in [0, 0.05) is 32.6 Å². The second kappa shape index (κ2) is 10.1. The first-order valence-electron chi connectivity index (χ1n) is 11.7.